The van der Waals surface area contributed by atoms with Gasteiger partial charge in [0, 0.05) is 26.1 Å². The van der Waals surface area contributed by atoms with E-state index < -0.39 is 0 Å². The summed E-state index contributed by atoms with van der Waals surface area (Å²) < 4.78 is 12.7. The zero-order valence-corrected chi connectivity index (χ0v) is 14.7. The first-order valence-corrected chi connectivity index (χ1v) is 8.88. The molecule has 1 fully saturated rings. The van der Waals surface area contributed by atoms with Crippen LogP contribution in [0.4, 0.5) is 0 Å². The summed E-state index contributed by atoms with van der Waals surface area (Å²) in [6, 6.07) is 8.73. The number of aromatic nitrogens is 2. The van der Waals surface area contributed by atoms with Gasteiger partial charge in [-0.2, -0.15) is 5.10 Å². The molecule has 0 aliphatic carbocycles. The highest BCUT2D eigenvalue weighted by Crippen LogP contribution is 2.38. The number of ether oxygens (including phenoxy) is 2. The fraction of sp³-hybridized carbons (Fsp3) is 0.421. The minimum absolute atomic E-state index is 0.0290. The molecular formula is C19H21N3O4. The molecule has 2 aromatic rings. The molecule has 2 aliphatic heterocycles. The number of benzene rings is 1. The number of carbonyl (C=O) groups excluding carboxylic acids is 1. The molecule has 0 saturated carbocycles. The molecule has 7 heteroatoms. The van der Waals surface area contributed by atoms with Crippen molar-refractivity contribution in [2.45, 2.75) is 25.3 Å². The number of carbonyl (C=O) groups is 1. The minimum Gasteiger partial charge on any atom is -0.490 e. The molecule has 1 aromatic heterocycles. The Morgan fingerprint density at radius 1 is 1.12 bits per heavy atom. The van der Waals surface area contributed by atoms with E-state index in [1.54, 1.807) is 7.05 Å². The second-order valence-electron chi connectivity index (χ2n) is 6.59. The Hall–Kier alpha value is -2.83. The van der Waals surface area contributed by atoms with E-state index in [4.69, 9.17) is 9.47 Å². The zero-order chi connectivity index (χ0) is 18.1. The number of aryl methyl sites for hydroxylation is 1. The van der Waals surface area contributed by atoms with Crippen LogP contribution in [0.25, 0.3) is 0 Å². The van der Waals surface area contributed by atoms with E-state index in [1.165, 1.54) is 16.8 Å². The van der Waals surface area contributed by atoms with Crippen molar-refractivity contribution in [2.75, 3.05) is 19.8 Å². The largest absolute Gasteiger partial charge is 0.490 e. The van der Waals surface area contributed by atoms with Gasteiger partial charge >= 0.3 is 0 Å². The molecule has 0 N–H and O–H groups in total. The first-order chi connectivity index (χ1) is 12.6. The van der Waals surface area contributed by atoms with Crippen molar-refractivity contribution < 1.29 is 14.3 Å². The van der Waals surface area contributed by atoms with E-state index in [0.29, 0.717) is 19.8 Å². The van der Waals surface area contributed by atoms with Crippen molar-refractivity contribution in [2.24, 2.45) is 7.05 Å². The van der Waals surface area contributed by atoms with Gasteiger partial charge in [0.1, 0.15) is 5.69 Å². The molecule has 1 aromatic carbocycles. The smallest absolute Gasteiger partial charge is 0.274 e. The standard InChI is InChI=1S/C19H21N3O4/c1-21-18(23)8-6-14(20-21)19(24)22-9-2-4-15(22)13-5-7-16-17(12-13)26-11-3-10-25-16/h5-8,12,15H,2-4,9-11H2,1H3/t15-/m1/s1. The van der Waals surface area contributed by atoms with E-state index in [2.05, 4.69) is 5.10 Å². The maximum Gasteiger partial charge on any atom is 0.274 e. The van der Waals surface area contributed by atoms with Gasteiger partial charge in [0.2, 0.25) is 0 Å². The monoisotopic (exact) mass is 355 g/mol. The molecule has 1 atom stereocenters. The van der Waals surface area contributed by atoms with E-state index >= 15 is 0 Å². The zero-order valence-electron chi connectivity index (χ0n) is 14.7. The molecule has 0 unspecified atom stereocenters. The molecule has 1 amide bonds. The molecule has 136 valence electrons. The quantitative estimate of drug-likeness (QED) is 0.823. The lowest BCUT2D eigenvalue weighted by Crippen LogP contribution is -2.33. The molecule has 0 spiro atoms. The molecule has 26 heavy (non-hydrogen) atoms. The lowest BCUT2D eigenvalue weighted by Gasteiger charge is -2.25. The maximum atomic E-state index is 12.9. The molecule has 2 aliphatic rings. The third kappa shape index (κ3) is 3.05. The Morgan fingerprint density at radius 2 is 1.92 bits per heavy atom. The number of nitrogens with zero attached hydrogens (tertiary/aromatic N) is 3. The van der Waals surface area contributed by atoms with Crippen molar-refractivity contribution in [3.8, 4) is 11.5 Å². The summed E-state index contributed by atoms with van der Waals surface area (Å²) in [6.45, 7) is 1.95. The summed E-state index contributed by atoms with van der Waals surface area (Å²) in [7, 11) is 1.55. The van der Waals surface area contributed by atoms with Crippen LogP contribution in [0, 0.1) is 0 Å². The van der Waals surface area contributed by atoms with Crippen LogP contribution >= 0.6 is 0 Å². The fourth-order valence-electron chi connectivity index (χ4n) is 3.51. The molecule has 1 saturated heterocycles. The summed E-state index contributed by atoms with van der Waals surface area (Å²) in [5.41, 5.74) is 1.08. The molecule has 0 bridgehead atoms. The highest BCUT2D eigenvalue weighted by molar-refractivity contribution is 5.92. The SMILES string of the molecule is Cn1nc(C(=O)N2CCC[C@@H]2c2ccc3c(c2)OCCCO3)ccc1=O. The number of hydrogen-bond donors (Lipinski definition) is 0. The van der Waals surface area contributed by atoms with Crippen LogP contribution in [-0.2, 0) is 7.05 Å². The number of rotatable bonds is 2. The van der Waals surface area contributed by atoms with Crippen molar-refractivity contribution >= 4 is 5.91 Å². The van der Waals surface area contributed by atoms with Crippen molar-refractivity contribution in [3.05, 3.63) is 51.9 Å². The van der Waals surface area contributed by atoms with Crippen LogP contribution in [0.5, 0.6) is 11.5 Å². The predicted molar refractivity (Wildman–Crippen MR) is 94.5 cm³/mol. The van der Waals surface area contributed by atoms with Crippen molar-refractivity contribution in [1.29, 1.82) is 0 Å². The number of fused-ring (bicyclic) bond motifs is 1. The summed E-state index contributed by atoms with van der Waals surface area (Å²) in [5, 5.41) is 4.10. The van der Waals surface area contributed by atoms with E-state index in [9.17, 15) is 9.59 Å². The lowest BCUT2D eigenvalue weighted by molar-refractivity contribution is 0.0726. The molecule has 0 radical (unpaired) electrons. The summed E-state index contributed by atoms with van der Waals surface area (Å²) in [5.74, 6) is 1.33. The van der Waals surface area contributed by atoms with Gasteiger partial charge in [0.15, 0.2) is 11.5 Å². The van der Waals surface area contributed by atoms with Gasteiger partial charge in [0.05, 0.1) is 19.3 Å². The summed E-state index contributed by atoms with van der Waals surface area (Å²) in [6.07, 6.45) is 2.67. The van der Waals surface area contributed by atoms with Crippen LogP contribution in [0.2, 0.25) is 0 Å². The van der Waals surface area contributed by atoms with Crippen LogP contribution < -0.4 is 15.0 Å². The number of amides is 1. The topological polar surface area (TPSA) is 73.7 Å². The third-order valence-electron chi connectivity index (χ3n) is 4.85. The van der Waals surface area contributed by atoms with Crippen molar-refractivity contribution in [3.63, 3.8) is 0 Å². The minimum atomic E-state index is -0.234. The van der Waals surface area contributed by atoms with Gasteiger partial charge in [-0.15, -0.1) is 0 Å². The van der Waals surface area contributed by atoms with Gasteiger partial charge in [-0.05, 0) is 36.6 Å². The molecule has 4 rings (SSSR count). The van der Waals surface area contributed by atoms with Gasteiger partial charge in [-0.3, -0.25) is 9.59 Å². The predicted octanol–water partition coefficient (Wildman–Crippen LogP) is 1.92. The maximum absolute atomic E-state index is 12.9. The number of hydrogen-bond acceptors (Lipinski definition) is 5. The average Bonchev–Trinajstić information content (AvgIpc) is 3.02. The van der Waals surface area contributed by atoms with Crippen LogP contribution in [0.1, 0.15) is 41.4 Å². The van der Waals surface area contributed by atoms with E-state index in [1.807, 2.05) is 23.1 Å². The molecule has 3 heterocycles. The second kappa shape index (κ2) is 6.82. The van der Waals surface area contributed by atoms with Crippen LogP contribution in [0.3, 0.4) is 0 Å². The summed E-state index contributed by atoms with van der Waals surface area (Å²) >= 11 is 0. The van der Waals surface area contributed by atoms with Gasteiger partial charge in [0.25, 0.3) is 11.5 Å². The van der Waals surface area contributed by atoms with Gasteiger partial charge in [-0.25, -0.2) is 4.68 Å². The lowest BCUT2D eigenvalue weighted by atomic mass is 10.0. The Kier molecular flexibility index (Phi) is 4.36. The third-order valence-corrected chi connectivity index (χ3v) is 4.85. The number of likely N-dealkylation sites (tertiary alicyclic amines) is 1. The Morgan fingerprint density at radius 3 is 2.73 bits per heavy atom. The Bertz CT molecular complexity index is 893. The van der Waals surface area contributed by atoms with Crippen molar-refractivity contribution in [1.82, 2.24) is 14.7 Å². The van der Waals surface area contributed by atoms with Crippen LogP contribution in [0.15, 0.2) is 35.1 Å². The highest BCUT2D eigenvalue weighted by atomic mass is 16.5. The molecular weight excluding hydrogens is 334 g/mol. The Balaban J connectivity index is 1.62. The van der Waals surface area contributed by atoms with E-state index in [0.717, 1.165) is 36.3 Å². The second-order valence-corrected chi connectivity index (χ2v) is 6.59. The Labute approximate surface area is 151 Å². The first kappa shape index (κ1) is 16.6. The van der Waals surface area contributed by atoms with E-state index in [-0.39, 0.29) is 23.2 Å². The van der Waals surface area contributed by atoms with Gasteiger partial charge < -0.3 is 14.4 Å². The fourth-order valence-corrected chi connectivity index (χ4v) is 3.51. The first-order valence-electron chi connectivity index (χ1n) is 8.88. The van der Waals surface area contributed by atoms with Gasteiger partial charge in [-0.1, -0.05) is 6.07 Å². The molecule has 7 nitrogen and oxygen atoms in total. The van der Waals surface area contributed by atoms with Crippen LogP contribution in [-0.4, -0.2) is 40.3 Å². The summed E-state index contributed by atoms with van der Waals surface area (Å²) in [4.78, 5) is 26.3. The average molecular weight is 355 g/mol. The normalized spacial score (nSPS) is 19.3. The highest BCUT2D eigenvalue weighted by Gasteiger charge is 2.32.